The molecule has 0 heterocycles. The SMILES string of the molecule is CCC(CC)S(=O)(=O)C1CC1(C(N)=O)c1ccccc1. The zero-order chi connectivity index (χ0) is 15.0. The molecule has 1 aromatic rings. The predicted molar refractivity (Wildman–Crippen MR) is 79.0 cm³/mol. The van der Waals surface area contributed by atoms with Crippen molar-refractivity contribution in [1.82, 2.24) is 0 Å². The van der Waals surface area contributed by atoms with Gasteiger partial charge in [-0.05, 0) is 24.8 Å². The molecule has 0 aliphatic heterocycles. The van der Waals surface area contributed by atoms with Gasteiger partial charge >= 0.3 is 0 Å². The van der Waals surface area contributed by atoms with Gasteiger partial charge in [0.25, 0.3) is 0 Å². The maximum Gasteiger partial charge on any atom is 0.229 e. The first-order valence-corrected chi connectivity index (χ1v) is 8.60. The van der Waals surface area contributed by atoms with E-state index in [0.29, 0.717) is 24.8 Å². The van der Waals surface area contributed by atoms with Crippen molar-refractivity contribution in [3.63, 3.8) is 0 Å². The molecule has 1 aliphatic carbocycles. The molecule has 0 spiro atoms. The van der Waals surface area contributed by atoms with E-state index in [1.807, 2.05) is 19.9 Å². The first-order valence-electron chi connectivity index (χ1n) is 6.99. The summed E-state index contributed by atoms with van der Waals surface area (Å²) in [6.07, 6.45) is 1.45. The zero-order valence-electron chi connectivity index (χ0n) is 11.9. The van der Waals surface area contributed by atoms with Crippen molar-refractivity contribution in [1.29, 1.82) is 0 Å². The van der Waals surface area contributed by atoms with Crippen LogP contribution < -0.4 is 5.73 Å². The van der Waals surface area contributed by atoms with Crippen molar-refractivity contribution < 1.29 is 13.2 Å². The number of benzene rings is 1. The number of hydrogen-bond donors (Lipinski definition) is 1. The third kappa shape index (κ3) is 2.14. The molecule has 1 amide bonds. The lowest BCUT2D eigenvalue weighted by Crippen LogP contribution is -2.36. The van der Waals surface area contributed by atoms with Gasteiger partial charge in [-0.15, -0.1) is 0 Å². The van der Waals surface area contributed by atoms with Gasteiger partial charge < -0.3 is 5.73 Å². The van der Waals surface area contributed by atoms with E-state index >= 15 is 0 Å². The van der Waals surface area contributed by atoms with E-state index in [0.717, 1.165) is 0 Å². The van der Waals surface area contributed by atoms with Crippen LogP contribution in [0.15, 0.2) is 30.3 Å². The third-order valence-electron chi connectivity index (χ3n) is 4.40. The highest BCUT2D eigenvalue weighted by Crippen LogP contribution is 2.53. The molecule has 20 heavy (non-hydrogen) atoms. The summed E-state index contributed by atoms with van der Waals surface area (Å²) in [5.41, 5.74) is 5.22. The topological polar surface area (TPSA) is 77.2 Å². The lowest BCUT2D eigenvalue weighted by atomic mass is 9.95. The second-order valence-corrected chi connectivity index (χ2v) is 7.84. The number of primary amides is 1. The van der Waals surface area contributed by atoms with Crippen molar-refractivity contribution in [2.24, 2.45) is 5.73 Å². The number of hydrogen-bond acceptors (Lipinski definition) is 3. The molecule has 4 nitrogen and oxygen atoms in total. The van der Waals surface area contributed by atoms with Crippen LogP contribution in [0, 0.1) is 0 Å². The Morgan fingerprint density at radius 3 is 2.30 bits per heavy atom. The molecule has 5 heteroatoms. The van der Waals surface area contributed by atoms with Gasteiger partial charge in [0.1, 0.15) is 0 Å². The summed E-state index contributed by atoms with van der Waals surface area (Å²) in [6, 6.07) is 9.02. The van der Waals surface area contributed by atoms with Gasteiger partial charge in [-0.25, -0.2) is 8.42 Å². The molecular weight excluding hydrogens is 274 g/mol. The Balaban J connectivity index is 2.41. The van der Waals surface area contributed by atoms with Crippen LogP contribution in [0.5, 0.6) is 0 Å². The molecule has 0 aromatic heterocycles. The first-order chi connectivity index (χ1) is 9.41. The monoisotopic (exact) mass is 295 g/mol. The quantitative estimate of drug-likeness (QED) is 0.869. The average molecular weight is 295 g/mol. The number of carbonyl (C=O) groups excluding carboxylic acids is 1. The number of amides is 1. The van der Waals surface area contributed by atoms with E-state index < -0.39 is 31.7 Å². The molecule has 2 unspecified atom stereocenters. The fourth-order valence-corrected chi connectivity index (χ4v) is 5.76. The number of carbonyl (C=O) groups is 1. The molecule has 110 valence electrons. The van der Waals surface area contributed by atoms with Gasteiger partial charge in [-0.3, -0.25) is 4.79 Å². The number of nitrogens with two attached hydrogens (primary N) is 1. The van der Waals surface area contributed by atoms with Gasteiger partial charge in [0.05, 0.1) is 15.9 Å². The maximum atomic E-state index is 12.6. The minimum Gasteiger partial charge on any atom is -0.369 e. The summed E-state index contributed by atoms with van der Waals surface area (Å²) in [6.45, 7) is 3.73. The van der Waals surface area contributed by atoms with Crippen LogP contribution in [0.1, 0.15) is 38.7 Å². The average Bonchev–Trinajstić information content (AvgIpc) is 3.18. The van der Waals surface area contributed by atoms with Gasteiger partial charge in [0.15, 0.2) is 9.84 Å². The molecular formula is C15H21NO3S. The van der Waals surface area contributed by atoms with Crippen molar-refractivity contribution in [2.75, 3.05) is 0 Å². The highest BCUT2D eigenvalue weighted by molar-refractivity contribution is 7.93. The van der Waals surface area contributed by atoms with Crippen LogP contribution in [0.25, 0.3) is 0 Å². The Hall–Kier alpha value is -1.36. The van der Waals surface area contributed by atoms with Gasteiger partial charge in [0.2, 0.25) is 5.91 Å². The molecule has 0 radical (unpaired) electrons. The van der Waals surface area contributed by atoms with Crippen LogP contribution in [0.2, 0.25) is 0 Å². The van der Waals surface area contributed by atoms with Crippen LogP contribution in [0.4, 0.5) is 0 Å². The van der Waals surface area contributed by atoms with Crippen LogP contribution in [-0.4, -0.2) is 24.8 Å². The Bertz CT molecular complexity index is 593. The molecule has 1 aromatic carbocycles. The van der Waals surface area contributed by atoms with Crippen molar-refractivity contribution in [3.05, 3.63) is 35.9 Å². The Kier molecular flexibility index (Phi) is 3.91. The summed E-state index contributed by atoms with van der Waals surface area (Å²) in [5, 5.41) is -1.06. The molecule has 2 atom stereocenters. The van der Waals surface area contributed by atoms with Crippen LogP contribution >= 0.6 is 0 Å². The normalized spacial score (nSPS) is 25.6. The minimum absolute atomic E-state index is 0.311. The molecule has 2 N–H and O–H groups in total. The maximum absolute atomic E-state index is 12.6. The predicted octanol–water partition coefficient (Wildman–Crippen LogP) is 1.79. The summed E-state index contributed by atoms with van der Waals surface area (Å²) >= 11 is 0. The molecule has 0 saturated heterocycles. The minimum atomic E-state index is -3.33. The Morgan fingerprint density at radius 2 is 1.85 bits per heavy atom. The highest BCUT2D eigenvalue weighted by Gasteiger charge is 2.66. The summed E-state index contributed by atoms with van der Waals surface area (Å²) in [4.78, 5) is 11.9. The summed E-state index contributed by atoms with van der Waals surface area (Å²) in [7, 11) is -3.33. The largest absolute Gasteiger partial charge is 0.369 e. The highest BCUT2D eigenvalue weighted by atomic mass is 32.2. The van der Waals surface area contributed by atoms with E-state index in [2.05, 4.69) is 0 Å². The van der Waals surface area contributed by atoms with Crippen molar-refractivity contribution in [3.8, 4) is 0 Å². The molecule has 0 bridgehead atoms. The van der Waals surface area contributed by atoms with E-state index in [-0.39, 0.29) is 0 Å². The lowest BCUT2D eigenvalue weighted by Gasteiger charge is -2.18. The number of sulfone groups is 1. The number of rotatable bonds is 6. The molecule has 2 rings (SSSR count). The third-order valence-corrected chi connectivity index (χ3v) is 7.36. The second-order valence-electron chi connectivity index (χ2n) is 5.42. The molecule has 1 saturated carbocycles. The van der Waals surface area contributed by atoms with E-state index in [4.69, 9.17) is 5.73 Å². The van der Waals surface area contributed by atoms with Gasteiger partial charge in [-0.2, -0.15) is 0 Å². The fourth-order valence-electron chi connectivity index (χ4n) is 3.06. The standard InChI is InChI=1S/C15H21NO3S/c1-3-12(4-2)20(18,19)13-10-15(13,14(16)17)11-8-6-5-7-9-11/h5-9,12-13H,3-4,10H2,1-2H3,(H2,16,17). The summed E-state index contributed by atoms with van der Waals surface area (Å²) < 4.78 is 25.3. The summed E-state index contributed by atoms with van der Waals surface area (Å²) in [5.74, 6) is -0.539. The molecule has 1 fully saturated rings. The Labute approximate surface area is 120 Å². The van der Waals surface area contributed by atoms with E-state index in [1.54, 1.807) is 24.3 Å². The van der Waals surface area contributed by atoms with Crippen LogP contribution in [-0.2, 0) is 20.0 Å². The van der Waals surface area contributed by atoms with Gasteiger partial charge in [-0.1, -0.05) is 44.2 Å². The fraction of sp³-hybridized carbons (Fsp3) is 0.533. The second kappa shape index (κ2) is 5.20. The first kappa shape index (κ1) is 15.0. The molecule has 1 aliphatic rings. The van der Waals surface area contributed by atoms with Crippen molar-refractivity contribution >= 4 is 15.7 Å². The van der Waals surface area contributed by atoms with Crippen molar-refractivity contribution in [2.45, 2.75) is 49.0 Å². The smallest absolute Gasteiger partial charge is 0.229 e. The lowest BCUT2D eigenvalue weighted by molar-refractivity contribution is -0.120. The van der Waals surface area contributed by atoms with Gasteiger partial charge in [0, 0.05) is 0 Å². The van der Waals surface area contributed by atoms with E-state index in [9.17, 15) is 13.2 Å². The van der Waals surface area contributed by atoms with E-state index in [1.165, 1.54) is 0 Å². The van der Waals surface area contributed by atoms with Crippen LogP contribution in [0.3, 0.4) is 0 Å². The zero-order valence-corrected chi connectivity index (χ0v) is 12.7. The Morgan fingerprint density at radius 1 is 1.30 bits per heavy atom.